The highest BCUT2D eigenvalue weighted by Gasteiger charge is 2.38. The molecule has 0 saturated carbocycles. The molecule has 1 fully saturated rings. The van der Waals surface area contributed by atoms with E-state index in [0.717, 1.165) is 10.5 Å². The molecule has 8 heteroatoms. The monoisotopic (exact) mass is 474 g/mol. The van der Waals surface area contributed by atoms with E-state index in [2.05, 4.69) is 0 Å². The Bertz CT molecular complexity index is 1330. The molecule has 170 valence electrons. The van der Waals surface area contributed by atoms with Gasteiger partial charge in [0.05, 0.1) is 22.7 Å². The normalized spacial score (nSPS) is 17.4. The zero-order valence-corrected chi connectivity index (χ0v) is 18.9. The number of hydrogen-bond donors (Lipinski definition) is 0. The van der Waals surface area contributed by atoms with Crippen molar-refractivity contribution in [3.05, 3.63) is 88.4 Å². The number of nitrogens with zero attached hydrogens (tertiary/aromatic N) is 2. The predicted molar refractivity (Wildman–Crippen MR) is 126 cm³/mol. The minimum atomic E-state index is -0.658. The van der Waals surface area contributed by atoms with Crippen molar-refractivity contribution in [3.63, 3.8) is 0 Å². The zero-order chi connectivity index (χ0) is 24.0. The van der Waals surface area contributed by atoms with Crippen LogP contribution >= 0.6 is 11.6 Å². The first kappa shape index (κ1) is 21.9. The smallest absolute Gasteiger partial charge is 0.316 e. The zero-order valence-electron chi connectivity index (χ0n) is 18.2. The number of benzene rings is 3. The van der Waals surface area contributed by atoms with Crippen LogP contribution in [0, 0.1) is 12.8 Å². The highest BCUT2D eigenvalue weighted by Crippen LogP contribution is 2.33. The number of hydrogen-bond acceptors (Lipinski definition) is 5. The largest absolute Gasteiger partial charge is 0.426 e. The average Bonchev–Trinajstić information content (AvgIpc) is 3.33. The van der Waals surface area contributed by atoms with Gasteiger partial charge in [-0.15, -0.1) is 0 Å². The molecule has 0 aromatic heterocycles. The van der Waals surface area contributed by atoms with Gasteiger partial charge < -0.3 is 9.64 Å². The van der Waals surface area contributed by atoms with E-state index in [1.165, 1.54) is 6.07 Å². The third-order valence-corrected chi connectivity index (χ3v) is 6.49. The Morgan fingerprint density at radius 3 is 2.32 bits per heavy atom. The van der Waals surface area contributed by atoms with E-state index in [1.54, 1.807) is 65.6 Å². The Kier molecular flexibility index (Phi) is 5.42. The predicted octanol–water partition coefficient (Wildman–Crippen LogP) is 4.41. The van der Waals surface area contributed by atoms with E-state index in [0.29, 0.717) is 27.5 Å². The minimum absolute atomic E-state index is 0.0167. The molecule has 0 unspecified atom stereocenters. The SMILES string of the molecule is Cc1c(Cl)cccc1N1C[C@H](C(=O)Oc2cccc(N3C(=O)c4ccccc4C3=O)c2)CC1=O. The third-order valence-electron chi connectivity index (χ3n) is 6.08. The van der Waals surface area contributed by atoms with Gasteiger partial charge in [0.2, 0.25) is 5.91 Å². The lowest BCUT2D eigenvalue weighted by Gasteiger charge is -2.19. The Hall–Kier alpha value is -3.97. The van der Waals surface area contributed by atoms with Gasteiger partial charge in [0, 0.05) is 29.7 Å². The van der Waals surface area contributed by atoms with E-state index in [9.17, 15) is 19.2 Å². The van der Waals surface area contributed by atoms with Crippen LogP contribution in [0.25, 0.3) is 0 Å². The molecular formula is C26H19ClN2O5. The molecule has 2 heterocycles. The number of ether oxygens (including phenoxy) is 1. The van der Waals surface area contributed by atoms with Crippen molar-refractivity contribution in [3.8, 4) is 5.75 Å². The van der Waals surface area contributed by atoms with Crippen LogP contribution in [0.3, 0.4) is 0 Å². The minimum Gasteiger partial charge on any atom is -0.426 e. The number of rotatable bonds is 4. The number of carbonyl (C=O) groups is 4. The lowest BCUT2D eigenvalue weighted by molar-refractivity contribution is -0.139. The van der Waals surface area contributed by atoms with Gasteiger partial charge in [0.1, 0.15) is 5.75 Å². The average molecular weight is 475 g/mol. The molecule has 1 saturated heterocycles. The van der Waals surface area contributed by atoms with E-state index < -0.39 is 23.7 Å². The van der Waals surface area contributed by atoms with Gasteiger partial charge in [0.15, 0.2) is 0 Å². The Morgan fingerprint density at radius 1 is 0.941 bits per heavy atom. The molecule has 3 amide bonds. The van der Waals surface area contributed by atoms with Gasteiger partial charge in [-0.2, -0.15) is 0 Å². The Balaban J connectivity index is 1.32. The molecule has 0 radical (unpaired) electrons. The number of amides is 3. The second-order valence-corrected chi connectivity index (χ2v) is 8.61. The van der Waals surface area contributed by atoms with Crippen LogP contribution in [0.15, 0.2) is 66.7 Å². The van der Waals surface area contributed by atoms with Gasteiger partial charge in [0.25, 0.3) is 11.8 Å². The van der Waals surface area contributed by atoms with E-state index in [1.807, 2.05) is 6.92 Å². The van der Waals surface area contributed by atoms with Gasteiger partial charge in [-0.3, -0.25) is 19.2 Å². The fourth-order valence-corrected chi connectivity index (χ4v) is 4.47. The number of imide groups is 1. The van der Waals surface area contributed by atoms with Crippen LogP contribution in [-0.4, -0.2) is 30.2 Å². The summed E-state index contributed by atoms with van der Waals surface area (Å²) in [6, 6.07) is 18.1. The molecule has 7 nitrogen and oxygen atoms in total. The summed E-state index contributed by atoms with van der Waals surface area (Å²) in [4.78, 5) is 53.6. The van der Waals surface area contributed by atoms with Gasteiger partial charge in [-0.1, -0.05) is 35.9 Å². The van der Waals surface area contributed by atoms with E-state index in [4.69, 9.17) is 16.3 Å². The van der Waals surface area contributed by atoms with Crippen LogP contribution in [0.2, 0.25) is 5.02 Å². The summed E-state index contributed by atoms with van der Waals surface area (Å²) in [6.07, 6.45) is 0.0167. The standard InChI is InChI=1S/C26H19ClN2O5/c1-15-21(27)10-5-11-22(15)28-14-16(12-23(28)30)26(33)34-18-7-4-6-17(13-18)29-24(31)19-8-2-3-9-20(19)25(29)32/h2-11,13,16H,12,14H2,1H3/t16-/m1/s1. The van der Waals surface area contributed by atoms with Gasteiger partial charge in [-0.05, 0) is 48.9 Å². The fourth-order valence-electron chi connectivity index (χ4n) is 4.30. The molecule has 2 aliphatic heterocycles. The Morgan fingerprint density at radius 2 is 1.62 bits per heavy atom. The molecule has 0 N–H and O–H groups in total. The first-order chi connectivity index (χ1) is 16.3. The van der Waals surface area contributed by atoms with Crippen molar-refractivity contribution in [1.29, 1.82) is 0 Å². The summed E-state index contributed by atoms with van der Waals surface area (Å²) in [7, 11) is 0. The second kappa shape index (κ2) is 8.43. The van der Waals surface area contributed by atoms with Crippen LogP contribution < -0.4 is 14.5 Å². The van der Waals surface area contributed by atoms with Crippen LogP contribution in [0.1, 0.15) is 32.7 Å². The summed E-state index contributed by atoms with van der Waals surface area (Å²) < 4.78 is 5.54. The number of anilines is 2. The molecule has 5 rings (SSSR count). The summed E-state index contributed by atoms with van der Waals surface area (Å²) in [5.41, 5.74) is 2.39. The lowest BCUT2D eigenvalue weighted by atomic mass is 10.1. The molecule has 0 spiro atoms. The van der Waals surface area contributed by atoms with Gasteiger partial charge in [-0.25, -0.2) is 4.90 Å². The molecule has 0 aliphatic carbocycles. The third kappa shape index (κ3) is 3.64. The number of esters is 1. The van der Waals surface area contributed by atoms with Gasteiger partial charge >= 0.3 is 5.97 Å². The molecule has 3 aromatic rings. The van der Waals surface area contributed by atoms with Crippen molar-refractivity contribution in [2.75, 3.05) is 16.3 Å². The van der Waals surface area contributed by atoms with E-state index >= 15 is 0 Å². The van der Waals surface area contributed by atoms with Crippen molar-refractivity contribution in [1.82, 2.24) is 0 Å². The summed E-state index contributed by atoms with van der Waals surface area (Å²) in [5.74, 6) is -2.09. The summed E-state index contributed by atoms with van der Waals surface area (Å²) in [6.45, 7) is 2.00. The van der Waals surface area contributed by atoms with Crippen molar-refractivity contribution in [2.24, 2.45) is 5.92 Å². The van der Waals surface area contributed by atoms with E-state index in [-0.39, 0.29) is 24.6 Å². The lowest BCUT2D eigenvalue weighted by Crippen LogP contribution is -2.29. The molecule has 3 aromatic carbocycles. The molecular weight excluding hydrogens is 456 g/mol. The van der Waals surface area contributed by atoms with Crippen molar-refractivity contribution in [2.45, 2.75) is 13.3 Å². The first-order valence-corrected chi connectivity index (χ1v) is 11.1. The molecule has 0 bridgehead atoms. The maximum Gasteiger partial charge on any atom is 0.316 e. The number of halogens is 1. The van der Waals surface area contributed by atoms with Crippen LogP contribution in [0.5, 0.6) is 5.75 Å². The maximum absolute atomic E-state index is 12.9. The summed E-state index contributed by atoms with van der Waals surface area (Å²) >= 11 is 6.18. The molecule has 2 aliphatic rings. The maximum atomic E-state index is 12.9. The summed E-state index contributed by atoms with van der Waals surface area (Å²) in [5, 5.41) is 0.543. The van der Waals surface area contributed by atoms with Crippen LogP contribution in [0.4, 0.5) is 11.4 Å². The highest BCUT2D eigenvalue weighted by molar-refractivity contribution is 6.34. The fraction of sp³-hybridized carbons (Fsp3) is 0.154. The number of fused-ring (bicyclic) bond motifs is 1. The quantitative estimate of drug-likeness (QED) is 0.318. The molecule has 1 atom stereocenters. The van der Waals surface area contributed by atoms with Crippen molar-refractivity contribution >= 4 is 46.7 Å². The first-order valence-electron chi connectivity index (χ1n) is 10.7. The number of carbonyl (C=O) groups excluding carboxylic acids is 4. The topological polar surface area (TPSA) is 84.0 Å². The van der Waals surface area contributed by atoms with Crippen LogP contribution in [-0.2, 0) is 9.59 Å². The molecule has 34 heavy (non-hydrogen) atoms. The Labute approximate surface area is 200 Å². The van der Waals surface area contributed by atoms with Crippen molar-refractivity contribution < 1.29 is 23.9 Å². The highest BCUT2D eigenvalue weighted by atomic mass is 35.5. The second-order valence-electron chi connectivity index (χ2n) is 8.20.